The molecule has 0 radical (unpaired) electrons. The summed E-state index contributed by atoms with van der Waals surface area (Å²) in [4.78, 5) is 0. The molecule has 0 aliphatic carbocycles. The van der Waals surface area contributed by atoms with E-state index in [4.69, 9.17) is 0 Å². The number of benzene rings is 1. The molecule has 14 heavy (non-hydrogen) atoms. The van der Waals surface area contributed by atoms with Crippen LogP contribution in [0, 0.1) is 20.9 Å². The van der Waals surface area contributed by atoms with E-state index in [1.54, 1.807) is 6.07 Å². The third-order valence-corrected chi connectivity index (χ3v) is 3.50. The van der Waals surface area contributed by atoms with Crippen LogP contribution in [0.5, 0.6) is 0 Å². The molecule has 0 unspecified atom stereocenters. The van der Waals surface area contributed by atoms with Gasteiger partial charge in [0, 0.05) is 5.56 Å². The summed E-state index contributed by atoms with van der Waals surface area (Å²) in [7, 11) is -1.37. The minimum atomic E-state index is -1.37. The number of hydrogen-bond acceptors (Lipinski definition) is 0. The van der Waals surface area contributed by atoms with Crippen molar-refractivity contribution in [2.24, 2.45) is 0 Å². The zero-order valence-electron chi connectivity index (χ0n) is 8.49. The fraction of sp³-hybridized carbons (Fsp3) is 0.273. The Balaban J connectivity index is 3.08. The summed E-state index contributed by atoms with van der Waals surface area (Å²) in [5.41, 5.74) is 4.02. The Morgan fingerprint density at radius 2 is 1.93 bits per heavy atom. The lowest BCUT2D eigenvalue weighted by atomic mass is 10.2. The highest BCUT2D eigenvalue weighted by Gasteiger charge is 2.08. The molecule has 0 atom stereocenters. The van der Waals surface area contributed by atoms with Gasteiger partial charge in [-0.3, -0.25) is 0 Å². The second-order valence-electron chi connectivity index (χ2n) is 4.10. The van der Waals surface area contributed by atoms with Crippen molar-refractivity contribution in [3.8, 4) is 11.5 Å². The Morgan fingerprint density at radius 3 is 2.50 bits per heavy atom. The third-order valence-electron chi connectivity index (χ3n) is 1.52. The number of hydrogen-bond donors (Lipinski definition) is 0. The Kier molecular flexibility index (Phi) is 3.73. The van der Waals surface area contributed by atoms with Gasteiger partial charge >= 0.3 is 0 Å². The first-order valence-corrected chi connectivity index (χ1v) is 8.95. The first kappa shape index (κ1) is 11.7. The van der Waals surface area contributed by atoms with Crippen LogP contribution in [0.2, 0.25) is 19.6 Å². The van der Waals surface area contributed by atoms with E-state index in [1.807, 2.05) is 28.7 Å². The molecule has 1 rings (SSSR count). The SMILES string of the molecule is C[Si](C)(C)C#Cc1cccc(F)c1I. The Bertz CT molecular complexity index is 396. The first-order chi connectivity index (χ1) is 6.40. The molecule has 74 valence electrons. The van der Waals surface area contributed by atoms with Crippen molar-refractivity contribution >= 4 is 30.7 Å². The van der Waals surface area contributed by atoms with Gasteiger partial charge in [0.15, 0.2) is 0 Å². The topological polar surface area (TPSA) is 0 Å². The molecule has 0 spiro atoms. The molecular formula is C11H12FISi. The fourth-order valence-corrected chi connectivity index (χ4v) is 1.86. The van der Waals surface area contributed by atoms with Crippen LogP contribution in [-0.4, -0.2) is 8.07 Å². The van der Waals surface area contributed by atoms with Crippen LogP contribution in [0.1, 0.15) is 5.56 Å². The van der Waals surface area contributed by atoms with Crippen LogP contribution in [0.15, 0.2) is 18.2 Å². The van der Waals surface area contributed by atoms with Crippen molar-refractivity contribution in [3.05, 3.63) is 33.1 Å². The molecule has 0 fully saturated rings. The van der Waals surface area contributed by atoms with Gasteiger partial charge in [-0.1, -0.05) is 31.6 Å². The smallest absolute Gasteiger partial charge is 0.137 e. The van der Waals surface area contributed by atoms with Gasteiger partial charge in [0.1, 0.15) is 13.9 Å². The summed E-state index contributed by atoms with van der Waals surface area (Å²) in [6, 6.07) is 5.02. The van der Waals surface area contributed by atoms with Crippen molar-refractivity contribution in [1.82, 2.24) is 0 Å². The van der Waals surface area contributed by atoms with Crippen LogP contribution < -0.4 is 0 Å². The summed E-state index contributed by atoms with van der Waals surface area (Å²) in [6.45, 7) is 6.52. The van der Waals surface area contributed by atoms with Crippen LogP contribution in [0.4, 0.5) is 4.39 Å². The first-order valence-electron chi connectivity index (χ1n) is 4.37. The molecule has 1 aromatic carbocycles. The normalized spacial score (nSPS) is 10.6. The Hall–Kier alpha value is -0.343. The van der Waals surface area contributed by atoms with Gasteiger partial charge < -0.3 is 0 Å². The number of rotatable bonds is 0. The summed E-state index contributed by atoms with van der Waals surface area (Å²) >= 11 is 1.99. The van der Waals surface area contributed by atoms with E-state index in [0.29, 0.717) is 3.57 Å². The van der Waals surface area contributed by atoms with Crippen LogP contribution in [-0.2, 0) is 0 Å². The average molecular weight is 318 g/mol. The quantitative estimate of drug-likeness (QED) is 0.389. The largest absolute Gasteiger partial charge is 0.206 e. The highest BCUT2D eigenvalue weighted by molar-refractivity contribution is 14.1. The second-order valence-corrected chi connectivity index (χ2v) is 9.93. The van der Waals surface area contributed by atoms with Gasteiger partial charge in [-0.15, -0.1) is 5.54 Å². The van der Waals surface area contributed by atoms with Crippen molar-refractivity contribution in [2.75, 3.05) is 0 Å². The minimum Gasteiger partial charge on any atom is -0.206 e. The molecule has 3 heteroatoms. The predicted molar refractivity (Wildman–Crippen MR) is 69.3 cm³/mol. The van der Waals surface area contributed by atoms with E-state index in [1.165, 1.54) is 6.07 Å². The average Bonchev–Trinajstić information content (AvgIpc) is 2.06. The molecule has 0 aliphatic heterocycles. The monoisotopic (exact) mass is 318 g/mol. The van der Waals surface area contributed by atoms with E-state index < -0.39 is 8.07 Å². The van der Waals surface area contributed by atoms with Gasteiger partial charge in [0.05, 0.1) is 3.57 Å². The lowest BCUT2D eigenvalue weighted by Gasteiger charge is -2.04. The van der Waals surface area contributed by atoms with E-state index in [-0.39, 0.29) is 5.82 Å². The highest BCUT2D eigenvalue weighted by atomic mass is 127. The van der Waals surface area contributed by atoms with Crippen molar-refractivity contribution in [3.63, 3.8) is 0 Å². The molecular weight excluding hydrogens is 306 g/mol. The van der Waals surface area contributed by atoms with Gasteiger partial charge in [-0.2, -0.15) is 0 Å². The highest BCUT2D eigenvalue weighted by Crippen LogP contribution is 2.15. The van der Waals surface area contributed by atoms with E-state index >= 15 is 0 Å². The summed E-state index contributed by atoms with van der Waals surface area (Å²) in [5.74, 6) is 2.87. The zero-order chi connectivity index (χ0) is 10.8. The molecule has 0 N–H and O–H groups in total. The zero-order valence-corrected chi connectivity index (χ0v) is 11.6. The Morgan fingerprint density at radius 1 is 1.29 bits per heavy atom. The van der Waals surface area contributed by atoms with Crippen molar-refractivity contribution in [1.29, 1.82) is 0 Å². The van der Waals surface area contributed by atoms with Gasteiger partial charge in [0.2, 0.25) is 0 Å². The lowest BCUT2D eigenvalue weighted by molar-refractivity contribution is 0.620. The molecule has 0 saturated carbocycles. The van der Waals surface area contributed by atoms with E-state index in [2.05, 4.69) is 31.1 Å². The Labute approximate surface area is 99.1 Å². The fourth-order valence-electron chi connectivity index (χ4n) is 0.855. The van der Waals surface area contributed by atoms with E-state index in [0.717, 1.165) is 5.56 Å². The minimum absolute atomic E-state index is 0.187. The van der Waals surface area contributed by atoms with Gasteiger partial charge in [-0.25, -0.2) is 4.39 Å². The standard InChI is InChI=1S/C11H12FISi/c1-14(2,3)8-7-9-5-4-6-10(12)11(9)13/h4-6H,1-3H3. The summed E-state index contributed by atoms with van der Waals surface area (Å²) in [6.07, 6.45) is 0. The molecule has 0 heterocycles. The maximum absolute atomic E-state index is 13.1. The van der Waals surface area contributed by atoms with Crippen LogP contribution in [0.3, 0.4) is 0 Å². The molecule has 0 saturated heterocycles. The maximum atomic E-state index is 13.1. The predicted octanol–water partition coefficient (Wildman–Crippen LogP) is 3.66. The molecule has 1 aromatic rings. The third kappa shape index (κ3) is 3.43. The van der Waals surface area contributed by atoms with Gasteiger partial charge in [0.25, 0.3) is 0 Å². The number of halogens is 2. The molecule has 0 aliphatic rings. The summed E-state index contributed by atoms with van der Waals surface area (Å²) in [5, 5.41) is 0. The molecule has 0 nitrogen and oxygen atoms in total. The molecule has 0 bridgehead atoms. The van der Waals surface area contributed by atoms with Crippen molar-refractivity contribution in [2.45, 2.75) is 19.6 Å². The summed E-state index contributed by atoms with van der Waals surface area (Å²) < 4.78 is 13.8. The van der Waals surface area contributed by atoms with Gasteiger partial charge in [-0.05, 0) is 34.7 Å². The molecule has 0 amide bonds. The van der Waals surface area contributed by atoms with Crippen LogP contribution >= 0.6 is 22.6 Å². The van der Waals surface area contributed by atoms with E-state index in [9.17, 15) is 4.39 Å². The van der Waals surface area contributed by atoms with Crippen LogP contribution in [0.25, 0.3) is 0 Å². The van der Waals surface area contributed by atoms with Crippen molar-refractivity contribution < 1.29 is 4.39 Å². The lowest BCUT2D eigenvalue weighted by Crippen LogP contribution is -2.16. The maximum Gasteiger partial charge on any atom is 0.137 e. The molecule has 0 aromatic heterocycles. The second kappa shape index (κ2) is 4.45.